The molecule has 5 heteroatoms. The molecular weight excluding hydrogens is 331 g/mol. The van der Waals surface area contributed by atoms with Crippen molar-refractivity contribution in [3.05, 3.63) is 63.6 Å². The van der Waals surface area contributed by atoms with Gasteiger partial charge in [0.15, 0.2) is 0 Å². The van der Waals surface area contributed by atoms with Crippen LogP contribution < -0.4 is 5.32 Å². The molecule has 0 fully saturated rings. The first kappa shape index (κ1) is 16.3. The third-order valence-electron chi connectivity index (χ3n) is 4.07. The fourth-order valence-corrected chi connectivity index (χ4v) is 3.26. The average Bonchev–Trinajstić information content (AvgIpc) is 2.55. The molecule has 1 aliphatic heterocycles. The topological polar surface area (TPSA) is 32.3 Å². The Balaban J connectivity index is 1.52. The van der Waals surface area contributed by atoms with E-state index < -0.39 is 0 Å². The fourth-order valence-electron chi connectivity index (χ4n) is 2.81. The molecule has 3 rings (SSSR count). The highest BCUT2D eigenvalue weighted by Crippen LogP contribution is 2.25. The highest BCUT2D eigenvalue weighted by molar-refractivity contribution is 6.36. The second-order valence-electron chi connectivity index (χ2n) is 5.72. The second kappa shape index (κ2) is 7.35. The van der Waals surface area contributed by atoms with E-state index in [1.807, 2.05) is 0 Å². The number of fused-ring (bicyclic) bond motifs is 1. The summed E-state index contributed by atoms with van der Waals surface area (Å²) in [4.78, 5) is 14.4. The number of nitrogens with one attached hydrogen (secondary N) is 1. The molecule has 0 unspecified atom stereocenters. The van der Waals surface area contributed by atoms with Crippen LogP contribution in [-0.2, 0) is 17.8 Å². The molecule has 3 nitrogen and oxygen atoms in total. The Labute approximate surface area is 146 Å². The van der Waals surface area contributed by atoms with Crippen LogP contribution in [0.15, 0.2) is 42.5 Å². The SMILES string of the molecule is O=C(CCN1CCc2ccccc2C1)Nc1ccc(Cl)cc1Cl. The van der Waals surface area contributed by atoms with Gasteiger partial charge in [0.1, 0.15) is 0 Å². The average molecular weight is 349 g/mol. The molecular formula is C18H18Cl2N2O. The van der Waals surface area contributed by atoms with Crippen molar-refractivity contribution in [1.82, 2.24) is 4.90 Å². The van der Waals surface area contributed by atoms with Crippen LogP contribution >= 0.6 is 23.2 Å². The fraction of sp³-hybridized carbons (Fsp3) is 0.278. The summed E-state index contributed by atoms with van der Waals surface area (Å²) in [5.74, 6) is -0.0342. The van der Waals surface area contributed by atoms with Gasteiger partial charge in [-0.3, -0.25) is 9.69 Å². The van der Waals surface area contributed by atoms with E-state index in [2.05, 4.69) is 34.5 Å². The zero-order valence-electron chi connectivity index (χ0n) is 12.7. The first-order valence-corrected chi connectivity index (χ1v) is 8.41. The van der Waals surface area contributed by atoms with E-state index in [9.17, 15) is 4.79 Å². The molecule has 1 heterocycles. The second-order valence-corrected chi connectivity index (χ2v) is 6.56. The summed E-state index contributed by atoms with van der Waals surface area (Å²) in [5, 5.41) is 3.85. The number of halogens is 2. The summed E-state index contributed by atoms with van der Waals surface area (Å²) >= 11 is 11.9. The lowest BCUT2D eigenvalue weighted by molar-refractivity contribution is -0.116. The molecule has 0 bridgehead atoms. The first-order valence-electron chi connectivity index (χ1n) is 7.66. The van der Waals surface area contributed by atoms with Gasteiger partial charge in [-0.15, -0.1) is 0 Å². The first-order chi connectivity index (χ1) is 11.1. The van der Waals surface area contributed by atoms with Crippen LogP contribution in [0.4, 0.5) is 5.69 Å². The summed E-state index contributed by atoms with van der Waals surface area (Å²) in [5.41, 5.74) is 3.38. The molecule has 1 N–H and O–H groups in total. The van der Waals surface area contributed by atoms with Crippen molar-refractivity contribution in [3.63, 3.8) is 0 Å². The predicted octanol–water partition coefficient (Wildman–Crippen LogP) is 4.38. The van der Waals surface area contributed by atoms with Crippen LogP contribution in [0.2, 0.25) is 10.0 Å². The van der Waals surface area contributed by atoms with Crippen LogP contribution in [0.5, 0.6) is 0 Å². The van der Waals surface area contributed by atoms with E-state index in [1.54, 1.807) is 18.2 Å². The van der Waals surface area contributed by atoms with Crippen LogP contribution in [-0.4, -0.2) is 23.9 Å². The van der Waals surface area contributed by atoms with Crippen molar-refractivity contribution in [1.29, 1.82) is 0 Å². The third-order valence-corrected chi connectivity index (χ3v) is 4.62. The van der Waals surface area contributed by atoms with Crippen LogP contribution in [0.3, 0.4) is 0 Å². The molecule has 23 heavy (non-hydrogen) atoms. The summed E-state index contributed by atoms with van der Waals surface area (Å²) in [6, 6.07) is 13.6. The minimum atomic E-state index is -0.0342. The predicted molar refractivity (Wildman–Crippen MR) is 95.1 cm³/mol. The number of benzene rings is 2. The number of hydrogen-bond donors (Lipinski definition) is 1. The zero-order valence-corrected chi connectivity index (χ0v) is 14.2. The Morgan fingerprint density at radius 1 is 1.13 bits per heavy atom. The largest absolute Gasteiger partial charge is 0.325 e. The minimum absolute atomic E-state index is 0.0342. The number of nitrogens with zero attached hydrogens (tertiary/aromatic N) is 1. The van der Waals surface area contributed by atoms with Gasteiger partial charge in [-0.05, 0) is 35.7 Å². The van der Waals surface area contributed by atoms with E-state index in [-0.39, 0.29) is 5.91 Å². The van der Waals surface area contributed by atoms with Gasteiger partial charge in [-0.25, -0.2) is 0 Å². The molecule has 1 amide bonds. The lowest BCUT2D eigenvalue weighted by Crippen LogP contribution is -2.33. The lowest BCUT2D eigenvalue weighted by atomic mass is 10.00. The number of rotatable bonds is 4. The molecule has 0 saturated carbocycles. The number of carbonyl (C=O) groups is 1. The van der Waals surface area contributed by atoms with Crippen molar-refractivity contribution in [2.75, 3.05) is 18.4 Å². The summed E-state index contributed by atoms with van der Waals surface area (Å²) in [6.45, 7) is 2.64. The van der Waals surface area contributed by atoms with Crippen molar-refractivity contribution < 1.29 is 4.79 Å². The van der Waals surface area contributed by atoms with Crippen LogP contribution in [0, 0.1) is 0 Å². The van der Waals surface area contributed by atoms with Crippen molar-refractivity contribution in [3.8, 4) is 0 Å². The molecule has 120 valence electrons. The molecule has 2 aromatic rings. The quantitative estimate of drug-likeness (QED) is 0.888. The van der Waals surface area contributed by atoms with Gasteiger partial charge in [0.2, 0.25) is 5.91 Å². The van der Waals surface area contributed by atoms with Gasteiger partial charge in [-0.2, -0.15) is 0 Å². The van der Waals surface area contributed by atoms with Crippen molar-refractivity contribution in [2.24, 2.45) is 0 Å². The van der Waals surface area contributed by atoms with Crippen LogP contribution in [0.1, 0.15) is 17.5 Å². The summed E-state index contributed by atoms with van der Waals surface area (Å²) in [7, 11) is 0. The molecule has 0 saturated heterocycles. The smallest absolute Gasteiger partial charge is 0.225 e. The Morgan fingerprint density at radius 3 is 2.70 bits per heavy atom. The molecule has 0 aromatic heterocycles. The van der Waals surface area contributed by atoms with E-state index in [0.29, 0.717) is 22.2 Å². The molecule has 2 aromatic carbocycles. The maximum Gasteiger partial charge on any atom is 0.225 e. The highest BCUT2D eigenvalue weighted by atomic mass is 35.5. The van der Waals surface area contributed by atoms with Gasteiger partial charge >= 0.3 is 0 Å². The Bertz CT molecular complexity index is 718. The molecule has 0 aliphatic carbocycles. The van der Waals surface area contributed by atoms with E-state index in [0.717, 1.165) is 26.1 Å². The zero-order chi connectivity index (χ0) is 16.2. The van der Waals surface area contributed by atoms with Crippen LogP contribution in [0.25, 0.3) is 0 Å². The highest BCUT2D eigenvalue weighted by Gasteiger charge is 2.16. The van der Waals surface area contributed by atoms with E-state index in [4.69, 9.17) is 23.2 Å². The van der Waals surface area contributed by atoms with Gasteiger partial charge in [0.05, 0.1) is 10.7 Å². The standard InChI is InChI=1S/C18H18Cl2N2O/c19-15-5-6-17(16(20)11-15)21-18(23)8-10-22-9-7-13-3-1-2-4-14(13)12-22/h1-6,11H,7-10,12H2,(H,21,23). The van der Waals surface area contributed by atoms with E-state index >= 15 is 0 Å². The monoisotopic (exact) mass is 348 g/mol. The normalized spacial score (nSPS) is 14.3. The Kier molecular flexibility index (Phi) is 5.21. The van der Waals surface area contributed by atoms with Crippen molar-refractivity contribution in [2.45, 2.75) is 19.4 Å². The lowest BCUT2D eigenvalue weighted by Gasteiger charge is -2.28. The maximum absolute atomic E-state index is 12.1. The number of amides is 1. The van der Waals surface area contributed by atoms with Gasteiger partial charge in [-0.1, -0.05) is 47.5 Å². The summed E-state index contributed by atoms with van der Waals surface area (Å²) < 4.78 is 0. The third kappa shape index (κ3) is 4.25. The Hall–Kier alpha value is -1.55. The number of carbonyl (C=O) groups excluding carboxylic acids is 1. The van der Waals surface area contributed by atoms with Gasteiger partial charge < -0.3 is 5.32 Å². The maximum atomic E-state index is 12.1. The number of hydrogen-bond acceptors (Lipinski definition) is 2. The molecule has 0 radical (unpaired) electrons. The molecule has 0 atom stereocenters. The minimum Gasteiger partial charge on any atom is -0.325 e. The van der Waals surface area contributed by atoms with E-state index in [1.165, 1.54) is 11.1 Å². The van der Waals surface area contributed by atoms with Gasteiger partial charge in [0.25, 0.3) is 0 Å². The van der Waals surface area contributed by atoms with Crippen molar-refractivity contribution >= 4 is 34.8 Å². The summed E-state index contributed by atoms with van der Waals surface area (Å²) in [6.07, 6.45) is 1.49. The van der Waals surface area contributed by atoms with Gasteiger partial charge in [0, 0.05) is 31.1 Å². The Morgan fingerprint density at radius 2 is 1.91 bits per heavy atom. The number of anilines is 1. The molecule has 0 spiro atoms. The molecule has 1 aliphatic rings.